The van der Waals surface area contributed by atoms with Crippen molar-refractivity contribution in [3.8, 4) is 0 Å². The van der Waals surface area contributed by atoms with E-state index in [2.05, 4.69) is 9.84 Å². The van der Waals surface area contributed by atoms with E-state index < -0.39 is 13.2 Å². The van der Waals surface area contributed by atoms with Crippen LogP contribution in [0, 0.1) is 0 Å². The van der Waals surface area contributed by atoms with E-state index in [1.54, 1.807) is 12.1 Å². The lowest BCUT2D eigenvalue weighted by Gasteiger charge is -2.10. The average molecular weight is 264 g/mol. The summed E-state index contributed by atoms with van der Waals surface area (Å²) in [6.07, 6.45) is 0. The molecule has 0 bridgehead atoms. The predicted molar refractivity (Wildman–Crippen MR) is 61.9 cm³/mol. The summed E-state index contributed by atoms with van der Waals surface area (Å²) in [7, 11) is -4.24. The van der Waals surface area contributed by atoms with Crippen molar-refractivity contribution in [2.75, 3.05) is 11.9 Å². The zero-order chi connectivity index (χ0) is 12.2. The predicted octanol–water partition coefficient (Wildman–Crippen LogP) is 3.09. The van der Waals surface area contributed by atoms with Gasteiger partial charge in [-0.25, -0.2) is 4.57 Å². The van der Waals surface area contributed by atoms with Crippen LogP contribution in [-0.4, -0.2) is 17.1 Å². The number of halogens is 1. The van der Waals surface area contributed by atoms with E-state index in [1.807, 2.05) is 0 Å². The summed E-state index contributed by atoms with van der Waals surface area (Å²) < 4.78 is 15.7. The van der Waals surface area contributed by atoms with Crippen LogP contribution in [0.15, 0.2) is 24.3 Å². The van der Waals surface area contributed by atoms with Crippen LogP contribution in [0.25, 0.3) is 0 Å². The molecule has 0 spiro atoms. The molecule has 0 fully saturated rings. The van der Waals surface area contributed by atoms with Gasteiger partial charge in [0.15, 0.2) is 0 Å². The van der Waals surface area contributed by atoms with Crippen molar-refractivity contribution in [3.05, 3.63) is 29.3 Å². The van der Waals surface area contributed by atoms with Gasteiger partial charge in [0.05, 0.1) is 6.61 Å². The minimum atomic E-state index is -4.24. The smallest absolute Gasteiger partial charge is 0.318 e. The molecule has 0 saturated heterocycles. The number of rotatable bonds is 4. The molecule has 5 nitrogen and oxygen atoms in total. The molecule has 0 aliphatic carbocycles. The maximum absolute atomic E-state index is 11.3. The van der Waals surface area contributed by atoms with Gasteiger partial charge in [-0.1, -0.05) is 11.6 Å². The molecule has 1 aromatic rings. The molecule has 7 heteroatoms. The van der Waals surface area contributed by atoms with Crippen molar-refractivity contribution < 1.29 is 18.8 Å². The first-order valence-corrected chi connectivity index (χ1v) is 6.45. The Bertz CT molecular complexity index is 420. The topological polar surface area (TPSA) is 75.6 Å². The van der Waals surface area contributed by atoms with Crippen molar-refractivity contribution in [2.24, 2.45) is 0 Å². The molecule has 0 aliphatic heterocycles. The van der Waals surface area contributed by atoms with Crippen molar-refractivity contribution in [2.45, 2.75) is 6.92 Å². The van der Waals surface area contributed by atoms with E-state index in [9.17, 15) is 14.3 Å². The van der Waals surface area contributed by atoms with Crippen LogP contribution in [0.4, 0.5) is 10.5 Å². The van der Waals surface area contributed by atoms with Crippen LogP contribution in [0.2, 0.25) is 5.02 Å². The second-order valence-corrected chi connectivity index (χ2v) is 5.02. The zero-order valence-electron chi connectivity index (χ0n) is 8.51. The SMILES string of the molecule is CCOP(=O)(O)C(=O)Nc1ccc(Cl)cc1. The molecule has 1 rings (SSSR count). The average Bonchev–Trinajstić information content (AvgIpc) is 2.21. The second kappa shape index (κ2) is 5.46. The number of carbonyl (C=O) groups excluding carboxylic acids is 1. The zero-order valence-corrected chi connectivity index (χ0v) is 10.2. The molecule has 0 heterocycles. The van der Waals surface area contributed by atoms with Crippen molar-refractivity contribution in [3.63, 3.8) is 0 Å². The Labute approximate surface area is 97.9 Å². The van der Waals surface area contributed by atoms with E-state index in [4.69, 9.17) is 11.6 Å². The molecule has 88 valence electrons. The lowest BCUT2D eigenvalue weighted by atomic mass is 10.3. The first kappa shape index (κ1) is 13.2. The standard InChI is InChI=1S/C9H11ClNO4P/c1-2-15-16(13,14)9(12)11-8-5-3-7(10)4-6-8/h3-6H,2H2,1H3,(H,11,12)(H,13,14). The van der Waals surface area contributed by atoms with Crippen molar-refractivity contribution in [1.29, 1.82) is 0 Å². The normalized spacial score (nSPS) is 14.2. The molecule has 1 amide bonds. The molecular formula is C9H11ClNO4P. The fourth-order valence-corrected chi connectivity index (χ4v) is 1.82. The fourth-order valence-electron chi connectivity index (χ4n) is 0.961. The number of anilines is 1. The molecule has 0 aromatic heterocycles. The Morgan fingerprint density at radius 3 is 2.56 bits per heavy atom. The summed E-state index contributed by atoms with van der Waals surface area (Å²) in [6.45, 7) is 1.51. The summed E-state index contributed by atoms with van der Waals surface area (Å²) in [6, 6.07) is 6.15. The number of amides is 1. The summed E-state index contributed by atoms with van der Waals surface area (Å²) >= 11 is 5.65. The molecular weight excluding hydrogens is 253 g/mol. The molecule has 2 N–H and O–H groups in total. The fraction of sp³-hybridized carbons (Fsp3) is 0.222. The highest BCUT2D eigenvalue weighted by Gasteiger charge is 2.29. The molecule has 1 aromatic carbocycles. The number of hydrogen-bond acceptors (Lipinski definition) is 3. The highest BCUT2D eigenvalue weighted by molar-refractivity contribution is 7.71. The number of hydrogen-bond donors (Lipinski definition) is 2. The minimum absolute atomic E-state index is 0.0121. The van der Waals surface area contributed by atoms with Gasteiger partial charge in [0.1, 0.15) is 0 Å². The molecule has 16 heavy (non-hydrogen) atoms. The molecule has 0 aliphatic rings. The Morgan fingerprint density at radius 2 is 2.06 bits per heavy atom. The van der Waals surface area contributed by atoms with E-state index in [-0.39, 0.29) is 6.61 Å². The highest BCUT2D eigenvalue weighted by Crippen LogP contribution is 2.43. The molecule has 1 atom stereocenters. The summed E-state index contributed by atoms with van der Waals surface area (Å²) in [4.78, 5) is 20.5. The third-order valence-electron chi connectivity index (χ3n) is 1.66. The summed E-state index contributed by atoms with van der Waals surface area (Å²) in [5.41, 5.74) is -0.681. The first-order valence-electron chi connectivity index (χ1n) is 4.50. The van der Waals surface area contributed by atoms with E-state index in [0.717, 1.165) is 0 Å². The van der Waals surface area contributed by atoms with Crippen LogP contribution in [0.5, 0.6) is 0 Å². The number of carbonyl (C=O) groups is 1. The first-order chi connectivity index (χ1) is 7.45. The Hall–Kier alpha value is -0.870. The van der Waals surface area contributed by atoms with Crippen LogP contribution in [0.1, 0.15) is 6.92 Å². The quantitative estimate of drug-likeness (QED) is 0.819. The van der Waals surface area contributed by atoms with Gasteiger partial charge in [0.2, 0.25) is 0 Å². The van der Waals surface area contributed by atoms with Gasteiger partial charge in [-0.15, -0.1) is 0 Å². The van der Waals surface area contributed by atoms with Gasteiger partial charge in [-0.3, -0.25) is 4.79 Å². The van der Waals surface area contributed by atoms with Gasteiger partial charge >= 0.3 is 13.2 Å². The third kappa shape index (κ3) is 3.61. The van der Waals surface area contributed by atoms with Gasteiger partial charge < -0.3 is 14.7 Å². The number of nitrogens with one attached hydrogen (secondary N) is 1. The van der Waals surface area contributed by atoms with Gasteiger partial charge in [0, 0.05) is 10.7 Å². The maximum atomic E-state index is 11.3. The van der Waals surface area contributed by atoms with Crippen LogP contribution in [0.3, 0.4) is 0 Å². The Kier molecular flexibility index (Phi) is 4.50. The minimum Gasteiger partial charge on any atom is -0.318 e. The summed E-state index contributed by atoms with van der Waals surface area (Å²) in [5, 5.41) is 2.77. The Morgan fingerprint density at radius 1 is 1.50 bits per heavy atom. The van der Waals surface area contributed by atoms with E-state index in [1.165, 1.54) is 19.1 Å². The Balaban J connectivity index is 2.71. The van der Waals surface area contributed by atoms with Crippen molar-refractivity contribution >= 4 is 30.5 Å². The second-order valence-electron chi connectivity index (χ2n) is 2.88. The van der Waals surface area contributed by atoms with E-state index in [0.29, 0.717) is 10.7 Å². The van der Waals surface area contributed by atoms with Gasteiger partial charge in [-0.2, -0.15) is 0 Å². The van der Waals surface area contributed by atoms with Crippen LogP contribution < -0.4 is 5.32 Å². The largest absolute Gasteiger partial charge is 0.415 e. The number of benzene rings is 1. The lowest BCUT2D eigenvalue weighted by Crippen LogP contribution is -2.11. The highest BCUT2D eigenvalue weighted by atomic mass is 35.5. The third-order valence-corrected chi connectivity index (χ3v) is 3.14. The van der Waals surface area contributed by atoms with Crippen LogP contribution in [-0.2, 0) is 9.09 Å². The van der Waals surface area contributed by atoms with Crippen molar-refractivity contribution in [1.82, 2.24) is 0 Å². The molecule has 0 saturated carbocycles. The molecule has 1 unspecified atom stereocenters. The summed E-state index contributed by atoms with van der Waals surface area (Å²) in [5.74, 6) is 0. The maximum Gasteiger partial charge on any atom is 0.415 e. The monoisotopic (exact) mass is 263 g/mol. The van der Waals surface area contributed by atoms with Crippen LogP contribution >= 0.6 is 19.2 Å². The molecule has 0 radical (unpaired) electrons. The van der Waals surface area contributed by atoms with E-state index >= 15 is 0 Å². The van der Waals surface area contributed by atoms with Gasteiger partial charge in [-0.05, 0) is 31.2 Å². The lowest BCUT2D eigenvalue weighted by molar-refractivity contribution is 0.242. The van der Waals surface area contributed by atoms with Gasteiger partial charge in [0.25, 0.3) is 0 Å².